The average molecular weight is 344 g/mol. The molecule has 0 aliphatic rings. The Kier molecular flexibility index (Phi) is 4.13. The van der Waals surface area contributed by atoms with Crippen LogP contribution in [0.3, 0.4) is 0 Å². The molecule has 6 heteroatoms. The van der Waals surface area contributed by atoms with Gasteiger partial charge in [-0.2, -0.15) is 0 Å². The number of carbonyl (C=O) groups excluding carboxylic acids is 1. The number of rotatable bonds is 3. The van der Waals surface area contributed by atoms with Gasteiger partial charge in [-0.1, -0.05) is 6.07 Å². The maximum Gasteiger partial charge on any atom is 0.169 e. The van der Waals surface area contributed by atoms with Crippen molar-refractivity contribution in [3.63, 3.8) is 0 Å². The summed E-state index contributed by atoms with van der Waals surface area (Å²) in [4.78, 5) is 12.0. The lowest BCUT2D eigenvalue weighted by Gasteiger charge is -2.08. The highest BCUT2D eigenvalue weighted by molar-refractivity contribution is 9.10. The van der Waals surface area contributed by atoms with Crippen LogP contribution in [-0.4, -0.2) is 5.78 Å². The smallest absolute Gasteiger partial charge is 0.169 e. The van der Waals surface area contributed by atoms with Gasteiger partial charge in [0.1, 0.15) is 17.5 Å². The molecule has 2 aromatic rings. The number of hydrogen-bond acceptors (Lipinski definition) is 2. The first kappa shape index (κ1) is 14.6. The Labute approximate surface area is 121 Å². The van der Waals surface area contributed by atoms with E-state index in [0.29, 0.717) is 0 Å². The van der Waals surface area contributed by atoms with Gasteiger partial charge in [-0.15, -0.1) is 0 Å². The number of benzene rings is 2. The number of carbonyl (C=O) groups is 1. The number of anilines is 1. The Morgan fingerprint density at radius 2 is 1.80 bits per heavy atom. The fourth-order valence-electron chi connectivity index (χ4n) is 1.77. The van der Waals surface area contributed by atoms with Crippen LogP contribution in [0.2, 0.25) is 0 Å². The molecule has 0 amide bonds. The monoisotopic (exact) mass is 343 g/mol. The van der Waals surface area contributed by atoms with E-state index in [1.807, 2.05) is 0 Å². The fraction of sp³-hybridized carbons (Fsp3) is 0.0714. The molecule has 0 aliphatic heterocycles. The second kappa shape index (κ2) is 5.66. The standard InChI is InChI=1S/C14H9BrF3NO/c15-9-4-5-10(16)8(13(9)18)6-12(20)7-2-1-3-11(17)14(7)19/h1-5H,6,19H2. The number of Topliss-reactive ketones (excluding diaryl/α,β-unsaturated/α-hetero) is 1. The molecule has 0 saturated heterocycles. The minimum atomic E-state index is -0.853. The van der Waals surface area contributed by atoms with E-state index in [1.165, 1.54) is 18.2 Å². The normalized spacial score (nSPS) is 10.6. The van der Waals surface area contributed by atoms with E-state index in [1.54, 1.807) is 0 Å². The van der Waals surface area contributed by atoms with Crippen LogP contribution in [0.1, 0.15) is 15.9 Å². The second-order valence-electron chi connectivity index (χ2n) is 4.12. The molecule has 0 spiro atoms. The van der Waals surface area contributed by atoms with Crippen molar-refractivity contribution in [2.75, 3.05) is 5.73 Å². The van der Waals surface area contributed by atoms with Crippen molar-refractivity contribution in [3.8, 4) is 0 Å². The van der Waals surface area contributed by atoms with Gasteiger partial charge < -0.3 is 5.73 Å². The Hall–Kier alpha value is -1.82. The fourth-order valence-corrected chi connectivity index (χ4v) is 2.14. The van der Waals surface area contributed by atoms with E-state index in [-0.39, 0.29) is 21.3 Å². The van der Waals surface area contributed by atoms with Gasteiger partial charge in [-0.3, -0.25) is 4.79 Å². The van der Waals surface area contributed by atoms with Crippen LogP contribution in [0.25, 0.3) is 0 Å². The summed E-state index contributed by atoms with van der Waals surface area (Å²) in [5.74, 6) is -3.09. The zero-order chi connectivity index (χ0) is 14.9. The third-order valence-electron chi connectivity index (χ3n) is 2.83. The van der Waals surface area contributed by atoms with E-state index < -0.39 is 29.7 Å². The third-order valence-corrected chi connectivity index (χ3v) is 3.44. The molecular weight excluding hydrogens is 335 g/mol. The van der Waals surface area contributed by atoms with Crippen molar-refractivity contribution in [2.24, 2.45) is 0 Å². The van der Waals surface area contributed by atoms with Gasteiger partial charge in [0, 0.05) is 17.5 Å². The van der Waals surface area contributed by atoms with E-state index in [0.717, 1.165) is 12.1 Å². The maximum absolute atomic E-state index is 13.8. The molecule has 0 aromatic heterocycles. The van der Waals surface area contributed by atoms with Crippen molar-refractivity contribution >= 4 is 27.4 Å². The number of hydrogen-bond donors (Lipinski definition) is 1. The first-order valence-electron chi connectivity index (χ1n) is 5.61. The zero-order valence-corrected chi connectivity index (χ0v) is 11.7. The van der Waals surface area contributed by atoms with Crippen molar-refractivity contribution < 1.29 is 18.0 Å². The summed E-state index contributed by atoms with van der Waals surface area (Å²) in [7, 11) is 0. The van der Waals surface area contributed by atoms with Crippen LogP contribution in [0, 0.1) is 17.5 Å². The van der Waals surface area contributed by atoms with Crippen molar-refractivity contribution in [1.29, 1.82) is 0 Å². The first-order valence-corrected chi connectivity index (χ1v) is 6.40. The van der Waals surface area contributed by atoms with Gasteiger partial charge in [0.15, 0.2) is 5.78 Å². The summed E-state index contributed by atoms with van der Waals surface area (Å²) in [6.45, 7) is 0. The van der Waals surface area contributed by atoms with E-state index in [2.05, 4.69) is 15.9 Å². The van der Waals surface area contributed by atoms with Crippen molar-refractivity contribution in [2.45, 2.75) is 6.42 Å². The molecule has 2 rings (SSSR count). The predicted molar refractivity (Wildman–Crippen MR) is 72.9 cm³/mol. The molecule has 0 bridgehead atoms. The largest absolute Gasteiger partial charge is 0.396 e. The highest BCUT2D eigenvalue weighted by Crippen LogP contribution is 2.24. The highest BCUT2D eigenvalue weighted by Gasteiger charge is 2.19. The van der Waals surface area contributed by atoms with Gasteiger partial charge >= 0.3 is 0 Å². The molecule has 104 valence electrons. The maximum atomic E-state index is 13.8. The Morgan fingerprint density at radius 1 is 1.10 bits per heavy atom. The summed E-state index contributed by atoms with van der Waals surface area (Å²) in [5.41, 5.74) is 4.65. The molecule has 0 aliphatic carbocycles. The lowest BCUT2D eigenvalue weighted by Crippen LogP contribution is -2.11. The van der Waals surface area contributed by atoms with E-state index >= 15 is 0 Å². The number of nitrogens with two attached hydrogens (primary N) is 1. The molecule has 2 nitrogen and oxygen atoms in total. The molecule has 0 unspecified atom stereocenters. The minimum absolute atomic E-state index is 0.0499. The topological polar surface area (TPSA) is 43.1 Å². The minimum Gasteiger partial charge on any atom is -0.396 e. The van der Waals surface area contributed by atoms with Crippen molar-refractivity contribution in [3.05, 3.63) is 63.4 Å². The van der Waals surface area contributed by atoms with Crippen LogP contribution < -0.4 is 5.73 Å². The SMILES string of the molecule is Nc1c(F)cccc1C(=O)Cc1c(F)ccc(Br)c1F. The van der Waals surface area contributed by atoms with Gasteiger partial charge in [-0.05, 0) is 40.2 Å². The Morgan fingerprint density at radius 3 is 2.50 bits per heavy atom. The Balaban J connectivity index is 2.38. The highest BCUT2D eigenvalue weighted by atomic mass is 79.9. The molecule has 2 N–H and O–H groups in total. The molecule has 20 heavy (non-hydrogen) atoms. The lowest BCUT2D eigenvalue weighted by atomic mass is 10.0. The van der Waals surface area contributed by atoms with Crippen LogP contribution >= 0.6 is 15.9 Å². The molecule has 0 fully saturated rings. The lowest BCUT2D eigenvalue weighted by molar-refractivity contribution is 0.0991. The Bertz CT molecular complexity index is 688. The van der Waals surface area contributed by atoms with Gasteiger partial charge in [0.25, 0.3) is 0 Å². The van der Waals surface area contributed by atoms with Gasteiger partial charge in [-0.25, -0.2) is 13.2 Å². The molecule has 0 radical (unpaired) electrons. The molecule has 0 saturated carbocycles. The van der Waals surface area contributed by atoms with Crippen LogP contribution in [0.5, 0.6) is 0 Å². The summed E-state index contributed by atoms with van der Waals surface area (Å²) >= 11 is 2.91. The second-order valence-corrected chi connectivity index (χ2v) is 4.98. The van der Waals surface area contributed by atoms with Gasteiger partial charge in [0.05, 0.1) is 10.2 Å². The molecule has 0 heterocycles. The summed E-state index contributed by atoms with van der Waals surface area (Å²) in [5, 5.41) is 0. The van der Waals surface area contributed by atoms with Gasteiger partial charge in [0.2, 0.25) is 0 Å². The van der Waals surface area contributed by atoms with Crippen LogP contribution in [0.4, 0.5) is 18.9 Å². The number of ketones is 1. The zero-order valence-electron chi connectivity index (χ0n) is 10.1. The first-order chi connectivity index (χ1) is 9.41. The molecular formula is C14H9BrF3NO. The van der Waals surface area contributed by atoms with Crippen molar-refractivity contribution in [1.82, 2.24) is 0 Å². The van der Waals surface area contributed by atoms with Crippen LogP contribution in [-0.2, 0) is 6.42 Å². The quantitative estimate of drug-likeness (QED) is 0.522. The van der Waals surface area contributed by atoms with E-state index in [4.69, 9.17) is 5.73 Å². The summed E-state index contributed by atoms with van der Waals surface area (Å²) in [6.07, 6.45) is -0.537. The summed E-state index contributed by atoms with van der Waals surface area (Å²) < 4.78 is 40.7. The predicted octanol–water partition coefficient (Wildman–Crippen LogP) is 3.87. The number of nitrogen functional groups attached to an aromatic ring is 1. The summed E-state index contributed by atoms with van der Waals surface area (Å²) in [6, 6.07) is 5.98. The third kappa shape index (κ3) is 2.70. The molecule has 0 atom stereocenters. The molecule has 2 aromatic carbocycles. The average Bonchev–Trinajstić information content (AvgIpc) is 2.42. The number of para-hydroxylation sites is 1. The van der Waals surface area contributed by atoms with E-state index in [9.17, 15) is 18.0 Å². The van der Waals surface area contributed by atoms with Crippen LogP contribution in [0.15, 0.2) is 34.8 Å². The number of halogens is 4.